The number of esters is 1. The molecule has 2 aromatic carbocycles. The summed E-state index contributed by atoms with van der Waals surface area (Å²) >= 11 is 0. The lowest BCUT2D eigenvalue weighted by Crippen LogP contribution is -2.31. The lowest BCUT2D eigenvalue weighted by molar-refractivity contribution is 0.0450. The number of hydrogen-bond acceptors (Lipinski definition) is 6. The minimum atomic E-state index is -4.04. The second kappa shape index (κ2) is 10.9. The maximum atomic E-state index is 14.1. The van der Waals surface area contributed by atoms with Crippen LogP contribution in [0.4, 0.5) is 4.39 Å². The number of nitrogens with zero attached hydrogens (tertiary/aromatic N) is 1. The quantitative estimate of drug-likeness (QED) is 0.394. The monoisotopic (exact) mass is 439 g/mol. The highest BCUT2D eigenvalue weighted by Gasteiger charge is 2.26. The van der Waals surface area contributed by atoms with Crippen LogP contribution >= 0.6 is 0 Å². The number of carbonyl (C=O) groups excluding carboxylic acids is 1. The molecular formula is C21H26FNO6S. The van der Waals surface area contributed by atoms with Crippen LogP contribution in [0, 0.1) is 5.82 Å². The molecule has 0 aliphatic rings. The Hall–Kier alpha value is -2.65. The number of rotatable bonds is 11. The minimum absolute atomic E-state index is 0.0526. The van der Waals surface area contributed by atoms with Gasteiger partial charge in [-0.1, -0.05) is 13.8 Å². The highest BCUT2D eigenvalue weighted by Crippen LogP contribution is 2.21. The first-order chi connectivity index (χ1) is 14.3. The Labute approximate surface area is 176 Å². The van der Waals surface area contributed by atoms with Gasteiger partial charge in [0, 0.05) is 13.1 Å². The van der Waals surface area contributed by atoms with Crippen molar-refractivity contribution in [1.29, 1.82) is 0 Å². The van der Waals surface area contributed by atoms with Crippen LogP contribution in [0.1, 0.15) is 31.1 Å². The Bertz CT molecular complexity index is 942. The van der Waals surface area contributed by atoms with Crippen LogP contribution in [-0.4, -0.2) is 51.6 Å². The van der Waals surface area contributed by atoms with Gasteiger partial charge >= 0.3 is 5.97 Å². The van der Waals surface area contributed by atoms with Gasteiger partial charge in [0.1, 0.15) is 35.4 Å². The second-order valence-electron chi connectivity index (χ2n) is 6.12. The third-order valence-electron chi connectivity index (χ3n) is 4.21. The van der Waals surface area contributed by atoms with Crippen LogP contribution in [0.15, 0.2) is 47.4 Å². The third kappa shape index (κ3) is 5.93. The van der Waals surface area contributed by atoms with Gasteiger partial charge in [0.2, 0.25) is 10.0 Å². The van der Waals surface area contributed by atoms with E-state index in [1.807, 2.05) is 6.92 Å². The summed E-state index contributed by atoms with van der Waals surface area (Å²) in [6, 6.07) is 10.1. The van der Waals surface area contributed by atoms with E-state index in [0.29, 0.717) is 12.4 Å². The predicted octanol–water partition coefficient (Wildman–Crippen LogP) is 3.49. The number of carbonyl (C=O) groups is 1. The van der Waals surface area contributed by atoms with Crippen molar-refractivity contribution in [2.45, 2.75) is 25.7 Å². The Morgan fingerprint density at radius 3 is 2.10 bits per heavy atom. The van der Waals surface area contributed by atoms with Crippen LogP contribution < -0.4 is 9.47 Å². The standard InChI is InChI=1S/C21H26FNO6S/c1-4-23(5-2)30(25,26)20-15-16(7-12-19(20)22)21(24)29-14-13-28-18-10-8-17(9-11-18)27-6-3/h7-12,15H,4-6,13-14H2,1-3H3. The molecule has 0 radical (unpaired) electrons. The third-order valence-corrected chi connectivity index (χ3v) is 6.27. The van der Waals surface area contributed by atoms with Crippen molar-refractivity contribution in [3.8, 4) is 11.5 Å². The van der Waals surface area contributed by atoms with Crippen molar-refractivity contribution in [2.24, 2.45) is 0 Å². The van der Waals surface area contributed by atoms with Gasteiger partial charge in [0.15, 0.2) is 0 Å². The summed E-state index contributed by atoms with van der Waals surface area (Å²) in [7, 11) is -4.04. The molecule has 0 saturated heterocycles. The fourth-order valence-corrected chi connectivity index (χ4v) is 4.25. The number of benzene rings is 2. The summed E-state index contributed by atoms with van der Waals surface area (Å²) < 4.78 is 56.4. The number of halogens is 1. The van der Waals surface area contributed by atoms with Gasteiger partial charge in [0.25, 0.3) is 0 Å². The van der Waals surface area contributed by atoms with E-state index in [-0.39, 0.29) is 31.9 Å². The zero-order valence-corrected chi connectivity index (χ0v) is 18.1. The summed E-state index contributed by atoms with van der Waals surface area (Å²) in [5.74, 6) is -0.370. The summed E-state index contributed by atoms with van der Waals surface area (Å²) in [4.78, 5) is 11.7. The number of ether oxygens (including phenoxy) is 3. The van der Waals surface area contributed by atoms with Crippen molar-refractivity contribution in [3.63, 3.8) is 0 Å². The summed E-state index contributed by atoms with van der Waals surface area (Å²) in [5, 5.41) is 0. The second-order valence-corrected chi connectivity index (χ2v) is 8.03. The smallest absolute Gasteiger partial charge is 0.338 e. The average Bonchev–Trinajstić information content (AvgIpc) is 2.73. The lowest BCUT2D eigenvalue weighted by Gasteiger charge is -2.19. The maximum absolute atomic E-state index is 14.1. The molecule has 0 aliphatic heterocycles. The fraction of sp³-hybridized carbons (Fsp3) is 0.381. The normalized spacial score (nSPS) is 11.4. The van der Waals surface area contributed by atoms with Crippen LogP contribution in [0.2, 0.25) is 0 Å². The first kappa shape index (κ1) is 23.6. The van der Waals surface area contributed by atoms with E-state index in [1.54, 1.807) is 38.1 Å². The SMILES string of the molecule is CCOc1ccc(OCCOC(=O)c2ccc(F)c(S(=O)(=O)N(CC)CC)c2)cc1. The van der Waals surface area contributed by atoms with E-state index in [0.717, 1.165) is 22.2 Å². The molecule has 0 N–H and O–H groups in total. The Morgan fingerprint density at radius 2 is 1.53 bits per heavy atom. The van der Waals surface area contributed by atoms with E-state index in [9.17, 15) is 17.6 Å². The molecule has 0 saturated carbocycles. The maximum Gasteiger partial charge on any atom is 0.338 e. The van der Waals surface area contributed by atoms with E-state index < -0.39 is 26.7 Å². The summed E-state index contributed by atoms with van der Waals surface area (Å²) in [6.45, 7) is 6.20. The lowest BCUT2D eigenvalue weighted by atomic mass is 10.2. The van der Waals surface area contributed by atoms with Crippen LogP contribution in [0.3, 0.4) is 0 Å². The molecule has 0 atom stereocenters. The molecule has 0 amide bonds. The molecule has 9 heteroatoms. The molecule has 0 aliphatic carbocycles. The van der Waals surface area contributed by atoms with Crippen LogP contribution in [0.25, 0.3) is 0 Å². The van der Waals surface area contributed by atoms with Crippen molar-refractivity contribution in [3.05, 3.63) is 53.8 Å². The number of sulfonamides is 1. The minimum Gasteiger partial charge on any atom is -0.494 e. The largest absolute Gasteiger partial charge is 0.494 e. The molecule has 0 fully saturated rings. The molecule has 0 heterocycles. The van der Waals surface area contributed by atoms with Crippen molar-refractivity contribution < 1.29 is 31.8 Å². The van der Waals surface area contributed by atoms with Gasteiger partial charge in [-0.05, 0) is 49.4 Å². The zero-order chi connectivity index (χ0) is 22.1. The molecule has 7 nitrogen and oxygen atoms in total. The molecule has 164 valence electrons. The summed E-state index contributed by atoms with van der Waals surface area (Å²) in [6.07, 6.45) is 0. The first-order valence-corrected chi connectivity index (χ1v) is 11.1. The van der Waals surface area contributed by atoms with Crippen LogP contribution in [-0.2, 0) is 14.8 Å². The van der Waals surface area contributed by atoms with E-state index in [1.165, 1.54) is 6.07 Å². The van der Waals surface area contributed by atoms with Crippen molar-refractivity contribution in [2.75, 3.05) is 32.9 Å². The highest BCUT2D eigenvalue weighted by atomic mass is 32.2. The zero-order valence-electron chi connectivity index (χ0n) is 17.3. The Balaban J connectivity index is 1.97. The van der Waals surface area contributed by atoms with E-state index in [2.05, 4.69) is 0 Å². The molecule has 0 spiro atoms. The molecule has 30 heavy (non-hydrogen) atoms. The molecule has 0 unspecified atom stereocenters. The Morgan fingerprint density at radius 1 is 0.933 bits per heavy atom. The first-order valence-electron chi connectivity index (χ1n) is 9.65. The van der Waals surface area contributed by atoms with Gasteiger partial charge in [0.05, 0.1) is 12.2 Å². The average molecular weight is 440 g/mol. The molecule has 2 rings (SSSR count). The van der Waals surface area contributed by atoms with Crippen LogP contribution in [0.5, 0.6) is 11.5 Å². The molecule has 0 bridgehead atoms. The van der Waals surface area contributed by atoms with Crippen molar-refractivity contribution in [1.82, 2.24) is 4.31 Å². The van der Waals surface area contributed by atoms with Crippen molar-refractivity contribution >= 4 is 16.0 Å². The van der Waals surface area contributed by atoms with E-state index >= 15 is 0 Å². The van der Waals surface area contributed by atoms with Gasteiger partial charge in [-0.15, -0.1) is 0 Å². The van der Waals surface area contributed by atoms with Gasteiger partial charge in [-0.3, -0.25) is 0 Å². The summed E-state index contributed by atoms with van der Waals surface area (Å²) in [5.41, 5.74) is -0.0526. The molecular weight excluding hydrogens is 413 g/mol. The molecule has 2 aromatic rings. The fourth-order valence-electron chi connectivity index (χ4n) is 2.71. The van der Waals surface area contributed by atoms with Gasteiger partial charge in [-0.25, -0.2) is 17.6 Å². The Kier molecular flexibility index (Phi) is 8.61. The van der Waals surface area contributed by atoms with Gasteiger partial charge < -0.3 is 14.2 Å². The van der Waals surface area contributed by atoms with E-state index in [4.69, 9.17) is 14.2 Å². The number of hydrogen-bond donors (Lipinski definition) is 0. The molecule has 0 aromatic heterocycles. The van der Waals surface area contributed by atoms with Gasteiger partial charge in [-0.2, -0.15) is 4.31 Å². The topological polar surface area (TPSA) is 82.1 Å². The predicted molar refractivity (Wildman–Crippen MR) is 110 cm³/mol. The highest BCUT2D eigenvalue weighted by molar-refractivity contribution is 7.89.